The second kappa shape index (κ2) is 7.89. The minimum atomic E-state index is 0.0342. The number of fused-ring (bicyclic) bond motifs is 1. The van der Waals surface area contributed by atoms with Gasteiger partial charge in [0.2, 0.25) is 0 Å². The quantitative estimate of drug-likeness (QED) is 0.707. The summed E-state index contributed by atoms with van der Waals surface area (Å²) in [6, 6.07) is 19.0. The number of hydrogen-bond acceptors (Lipinski definition) is 5. The van der Waals surface area contributed by atoms with Gasteiger partial charge in [-0.05, 0) is 37.1 Å². The Morgan fingerprint density at radius 3 is 2.73 bits per heavy atom. The lowest BCUT2D eigenvalue weighted by Gasteiger charge is -2.40. The van der Waals surface area contributed by atoms with Crippen LogP contribution in [0.2, 0.25) is 0 Å². The first kappa shape index (κ1) is 17.1. The van der Waals surface area contributed by atoms with E-state index in [4.69, 9.17) is 4.42 Å². The van der Waals surface area contributed by atoms with Gasteiger partial charge in [-0.3, -0.25) is 4.90 Å². The number of rotatable bonds is 6. The first-order chi connectivity index (χ1) is 12.8. The summed E-state index contributed by atoms with van der Waals surface area (Å²) < 4.78 is 5.78. The molecule has 0 saturated carbocycles. The van der Waals surface area contributed by atoms with E-state index in [2.05, 4.69) is 27.3 Å². The Labute approximate surface area is 153 Å². The standard InChI is InChI=1S/C21H25N3O2/c25-15-19(16-8-2-1-3-9-16)24-13-7-6-10-17(24)14-22-21-23-18-11-4-5-12-20(18)26-21/h1-5,8-9,11-12,17,19,25H,6-7,10,13-15H2,(H,22,23)/t17-,19-/m0/s1. The largest absolute Gasteiger partial charge is 0.424 e. The van der Waals surface area contributed by atoms with E-state index in [0.717, 1.165) is 30.6 Å². The summed E-state index contributed by atoms with van der Waals surface area (Å²) in [5.74, 6) is 0. The third-order valence-corrected chi connectivity index (χ3v) is 5.21. The maximum atomic E-state index is 10.0. The molecule has 2 aromatic carbocycles. The monoisotopic (exact) mass is 351 g/mol. The van der Waals surface area contributed by atoms with Gasteiger partial charge in [0.15, 0.2) is 5.58 Å². The van der Waals surface area contributed by atoms with Gasteiger partial charge in [-0.25, -0.2) is 0 Å². The van der Waals surface area contributed by atoms with Gasteiger partial charge in [0.1, 0.15) is 5.52 Å². The average molecular weight is 351 g/mol. The Hall–Kier alpha value is -2.37. The zero-order valence-corrected chi connectivity index (χ0v) is 14.8. The zero-order valence-electron chi connectivity index (χ0n) is 14.8. The molecule has 4 rings (SSSR count). The van der Waals surface area contributed by atoms with Crippen LogP contribution < -0.4 is 5.32 Å². The molecule has 26 heavy (non-hydrogen) atoms. The number of piperidine rings is 1. The van der Waals surface area contributed by atoms with Gasteiger partial charge in [0, 0.05) is 12.6 Å². The molecule has 2 N–H and O–H groups in total. The highest BCUT2D eigenvalue weighted by atomic mass is 16.4. The van der Waals surface area contributed by atoms with Crippen LogP contribution in [0.4, 0.5) is 6.01 Å². The van der Waals surface area contributed by atoms with E-state index in [9.17, 15) is 5.11 Å². The number of aromatic nitrogens is 1. The van der Waals surface area contributed by atoms with Crippen LogP contribution in [-0.2, 0) is 0 Å². The Bertz CT molecular complexity index is 800. The lowest BCUT2D eigenvalue weighted by Crippen LogP contribution is -2.46. The van der Waals surface area contributed by atoms with Crippen molar-refractivity contribution in [2.45, 2.75) is 31.3 Å². The molecule has 1 saturated heterocycles. The van der Waals surface area contributed by atoms with Gasteiger partial charge in [-0.1, -0.05) is 48.9 Å². The van der Waals surface area contributed by atoms with E-state index >= 15 is 0 Å². The molecule has 1 aliphatic heterocycles. The molecule has 1 aliphatic rings. The van der Waals surface area contributed by atoms with E-state index < -0.39 is 0 Å². The number of anilines is 1. The molecule has 0 aliphatic carbocycles. The number of likely N-dealkylation sites (tertiary alicyclic amines) is 1. The third-order valence-electron chi connectivity index (χ3n) is 5.21. The Morgan fingerprint density at radius 1 is 1.12 bits per heavy atom. The predicted octanol–water partition coefficient (Wildman–Crippen LogP) is 3.83. The fraction of sp³-hybridized carbons (Fsp3) is 0.381. The molecule has 136 valence electrons. The summed E-state index contributed by atoms with van der Waals surface area (Å²) in [5.41, 5.74) is 2.84. The van der Waals surface area contributed by atoms with Crippen molar-refractivity contribution in [2.75, 3.05) is 25.0 Å². The summed E-state index contributed by atoms with van der Waals surface area (Å²) in [6.45, 7) is 1.89. The van der Waals surface area contributed by atoms with Gasteiger partial charge in [0.25, 0.3) is 6.01 Å². The molecule has 0 unspecified atom stereocenters. The van der Waals surface area contributed by atoms with Crippen LogP contribution in [-0.4, -0.2) is 40.7 Å². The summed E-state index contributed by atoms with van der Waals surface area (Å²) in [6.07, 6.45) is 3.49. The predicted molar refractivity (Wildman–Crippen MR) is 103 cm³/mol. The van der Waals surface area contributed by atoms with Crippen LogP contribution in [0.1, 0.15) is 30.9 Å². The van der Waals surface area contributed by atoms with Gasteiger partial charge < -0.3 is 14.8 Å². The van der Waals surface area contributed by atoms with Crippen LogP contribution >= 0.6 is 0 Å². The molecule has 2 heterocycles. The normalized spacial score (nSPS) is 19.5. The van der Waals surface area contributed by atoms with Crippen molar-refractivity contribution in [3.8, 4) is 0 Å². The number of oxazole rings is 1. The highest BCUT2D eigenvalue weighted by Gasteiger charge is 2.29. The molecule has 1 aromatic heterocycles. The van der Waals surface area contributed by atoms with Crippen molar-refractivity contribution in [1.29, 1.82) is 0 Å². The smallest absolute Gasteiger partial charge is 0.295 e. The van der Waals surface area contributed by atoms with E-state index in [-0.39, 0.29) is 12.6 Å². The fourth-order valence-electron chi connectivity index (χ4n) is 3.88. The van der Waals surface area contributed by atoms with Crippen molar-refractivity contribution in [3.05, 3.63) is 60.2 Å². The van der Waals surface area contributed by atoms with Crippen LogP contribution in [0.15, 0.2) is 59.0 Å². The molecular formula is C21H25N3O2. The molecule has 0 spiro atoms. The molecule has 3 aromatic rings. The highest BCUT2D eigenvalue weighted by Crippen LogP contribution is 2.29. The Morgan fingerprint density at radius 2 is 1.92 bits per heavy atom. The topological polar surface area (TPSA) is 61.5 Å². The van der Waals surface area contributed by atoms with Gasteiger partial charge in [-0.15, -0.1) is 0 Å². The minimum Gasteiger partial charge on any atom is -0.424 e. The first-order valence-corrected chi connectivity index (χ1v) is 9.36. The first-order valence-electron chi connectivity index (χ1n) is 9.36. The Kier molecular flexibility index (Phi) is 5.18. The molecule has 2 atom stereocenters. The van der Waals surface area contributed by atoms with Gasteiger partial charge in [-0.2, -0.15) is 4.98 Å². The molecule has 1 fully saturated rings. The van der Waals surface area contributed by atoms with Crippen molar-refractivity contribution in [2.24, 2.45) is 0 Å². The number of nitrogens with one attached hydrogen (secondary N) is 1. The molecule has 0 amide bonds. The molecule has 0 radical (unpaired) electrons. The van der Waals surface area contributed by atoms with Crippen LogP contribution in [0.25, 0.3) is 11.1 Å². The van der Waals surface area contributed by atoms with E-state index in [1.807, 2.05) is 42.5 Å². The van der Waals surface area contributed by atoms with Crippen molar-refractivity contribution in [3.63, 3.8) is 0 Å². The van der Waals surface area contributed by atoms with Crippen molar-refractivity contribution >= 4 is 17.1 Å². The highest BCUT2D eigenvalue weighted by molar-refractivity contribution is 5.74. The van der Waals surface area contributed by atoms with Crippen molar-refractivity contribution in [1.82, 2.24) is 9.88 Å². The van der Waals surface area contributed by atoms with Crippen LogP contribution in [0, 0.1) is 0 Å². The lowest BCUT2D eigenvalue weighted by atomic mass is 9.96. The number of aliphatic hydroxyl groups is 1. The number of aliphatic hydroxyl groups excluding tert-OH is 1. The fourth-order valence-corrected chi connectivity index (χ4v) is 3.88. The van der Waals surface area contributed by atoms with Crippen LogP contribution in [0.3, 0.4) is 0 Å². The summed E-state index contributed by atoms with van der Waals surface area (Å²) in [5, 5.41) is 13.4. The molecule has 5 nitrogen and oxygen atoms in total. The van der Waals surface area contributed by atoms with E-state index in [1.54, 1.807) is 0 Å². The summed E-state index contributed by atoms with van der Waals surface area (Å²) in [4.78, 5) is 6.92. The minimum absolute atomic E-state index is 0.0342. The van der Waals surface area contributed by atoms with E-state index in [0.29, 0.717) is 12.1 Å². The number of para-hydroxylation sites is 2. The number of hydrogen-bond donors (Lipinski definition) is 2. The zero-order chi connectivity index (χ0) is 17.8. The SMILES string of the molecule is OC[C@@H](c1ccccc1)N1CCCC[C@H]1CNc1nc2ccccc2o1. The number of nitrogens with zero attached hydrogens (tertiary/aromatic N) is 2. The third kappa shape index (κ3) is 3.59. The Balaban J connectivity index is 1.48. The van der Waals surface area contributed by atoms with E-state index in [1.165, 1.54) is 18.4 Å². The maximum Gasteiger partial charge on any atom is 0.295 e. The molecular weight excluding hydrogens is 326 g/mol. The van der Waals surface area contributed by atoms with Crippen molar-refractivity contribution < 1.29 is 9.52 Å². The number of benzene rings is 2. The summed E-state index contributed by atoms with van der Waals surface area (Å²) >= 11 is 0. The lowest BCUT2D eigenvalue weighted by molar-refractivity contribution is 0.0616. The van der Waals surface area contributed by atoms with Gasteiger partial charge in [0.05, 0.1) is 12.6 Å². The second-order valence-corrected chi connectivity index (χ2v) is 6.86. The average Bonchev–Trinajstić information content (AvgIpc) is 3.12. The van der Waals surface area contributed by atoms with Gasteiger partial charge >= 0.3 is 0 Å². The molecule has 0 bridgehead atoms. The second-order valence-electron chi connectivity index (χ2n) is 6.86. The van der Waals surface area contributed by atoms with Crippen LogP contribution in [0.5, 0.6) is 0 Å². The summed E-state index contributed by atoms with van der Waals surface area (Å²) in [7, 11) is 0. The molecule has 5 heteroatoms. The maximum absolute atomic E-state index is 10.0.